The molecule has 0 aliphatic carbocycles. The number of carboxylic acid groups (broad SMARTS) is 1. The molecule has 0 atom stereocenters. The van der Waals surface area contributed by atoms with Crippen LogP contribution in [0.5, 0.6) is 11.5 Å². The molecule has 1 aliphatic rings. The Labute approximate surface area is 134 Å². The molecule has 0 fully saturated rings. The lowest BCUT2D eigenvalue weighted by atomic mass is 10.2. The summed E-state index contributed by atoms with van der Waals surface area (Å²) in [6, 6.07) is 5.21. The number of nitrogens with zero attached hydrogens (tertiary/aromatic N) is 1. The van der Waals surface area contributed by atoms with E-state index in [9.17, 15) is 9.59 Å². The highest BCUT2D eigenvalue weighted by atomic mass is 35.5. The number of carboxylic acids is 1. The molecule has 7 nitrogen and oxygen atoms in total. The van der Waals surface area contributed by atoms with Crippen molar-refractivity contribution in [2.24, 2.45) is 0 Å². The highest BCUT2D eigenvalue weighted by Crippen LogP contribution is 2.34. The molecule has 1 amide bonds. The van der Waals surface area contributed by atoms with Crippen LogP contribution in [-0.4, -0.2) is 48.8 Å². The number of carbonyl (C=O) groups excluding carboxylic acids is 1. The van der Waals surface area contributed by atoms with Crippen molar-refractivity contribution in [3.05, 3.63) is 18.2 Å². The molecule has 0 saturated carbocycles. The molecule has 1 aromatic carbocycles. The predicted molar refractivity (Wildman–Crippen MR) is 82.8 cm³/mol. The second kappa shape index (κ2) is 8.45. The van der Waals surface area contributed by atoms with E-state index in [1.165, 1.54) is 0 Å². The average molecular weight is 331 g/mol. The number of hydrogen-bond donors (Lipinski definition) is 2. The molecule has 1 aliphatic heterocycles. The second-order valence-electron chi connectivity index (χ2n) is 4.81. The second-order valence-corrected chi connectivity index (χ2v) is 4.81. The van der Waals surface area contributed by atoms with Crippen molar-refractivity contribution in [1.29, 1.82) is 0 Å². The number of fused-ring (bicyclic) bond motifs is 1. The Morgan fingerprint density at radius 2 is 1.91 bits per heavy atom. The summed E-state index contributed by atoms with van der Waals surface area (Å²) in [5.74, 6) is 0.315. The van der Waals surface area contributed by atoms with Gasteiger partial charge in [0.1, 0.15) is 0 Å². The number of ether oxygens (including phenoxy) is 2. The van der Waals surface area contributed by atoms with Crippen LogP contribution in [0.15, 0.2) is 18.2 Å². The summed E-state index contributed by atoms with van der Waals surface area (Å²) in [5, 5.41) is 11.4. The van der Waals surface area contributed by atoms with Crippen LogP contribution in [0.25, 0.3) is 0 Å². The lowest BCUT2D eigenvalue weighted by Crippen LogP contribution is -2.26. The van der Waals surface area contributed by atoms with Gasteiger partial charge in [0.2, 0.25) is 12.7 Å². The number of carbonyl (C=O) groups is 2. The van der Waals surface area contributed by atoms with Crippen molar-refractivity contribution in [3.63, 3.8) is 0 Å². The van der Waals surface area contributed by atoms with Crippen molar-refractivity contribution >= 4 is 30.0 Å². The Kier molecular flexibility index (Phi) is 6.94. The number of hydrogen-bond acceptors (Lipinski definition) is 5. The smallest absolute Gasteiger partial charge is 0.304 e. The van der Waals surface area contributed by atoms with Gasteiger partial charge < -0.3 is 24.8 Å². The third kappa shape index (κ3) is 5.42. The van der Waals surface area contributed by atoms with Crippen LogP contribution in [0, 0.1) is 0 Å². The molecular formula is C14H19ClN2O5. The number of rotatable bonds is 7. The van der Waals surface area contributed by atoms with E-state index < -0.39 is 5.97 Å². The molecule has 0 saturated heterocycles. The largest absolute Gasteiger partial charge is 0.481 e. The highest BCUT2D eigenvalue weighted by Gasteiger charge is 2.14. The van der Waals surface area contributed by atoms with Crippen LogP contribution in [-0.2, 0) is 9.59 Å². The summed E-state index contributed by atoms with van der Waals surface area (Å²) in [6.07, 6.45) is 0.366. The van der Waals surface area contributed by atoms with Gasteiger partial charge in [-0.3, -0.25) is 9.59 Å². The van der Waals surface area contributed by atoms with Gasteiger partial charge in [0.15, 0.2) is 11.5 Å². The van der Waals surface area contributed by atoms with Crippen LogP contribution < -0.4 is 14.8 Å². The fraction of sp³-hybridized carbons (Fsp3) is 0.429. The SMILES string of the molecule is CN(CCC(=O)O)CCC(=O)Nc1ccc2c(c1)OCO2.Cl. The molecule has 1 aromatic rings. The van der Waals surface area contributed by atoms with E-state index in [4.69, 9.17) is 14.6 Å². The van der Waals surface area contributed by atoms with Gasteiger partial charge in [-0.25, -0.2) is 0 Å². The van der Waals surface area contributed by atoms with E-state index in [-0.39, 0.29) is 31.5 Å². The first-order valence-corrected chi connectivity index (χ1v) is 6.64. The summed E-state index contributed by atoms with van der Waals surface area (Å²) in [4.78, 5) is 24.1. The van der Waals surface area contributed by atoms with E-state index in [1.807, 2.05) is 4.90 Å². The summed E-state index contributed by atoms with van der Waals surface area (Å²) in [5.41, 5.74) is 0.650. The lowest BCUT2D eigenvalue weighted by Gasteiger charge is -2.15. The van der Waals surface area contributed by atoms with Gasteiger partial charge >= 0.3 is 5.97 Å². The third-order valence-electron chi connectivity index (χ3n) is 3.08. The number of benzene rings is 1. The molecule has 0 unspecified atom stereocenters. The Morgan fingerprint density at radius 3 is 2.64 bits per heavy atom. The van der Waals surface area contributed by atoms with E-state index in [2.05, 4.69) is 5.32 Å². The molecular weight excluding hydrogens is 312 g/mol. The van der Waals surface area contributed by atoms with Crippen molar-refractivity contribution < 1.29 is 24.2 Å². The van der Waals surface area contributed by atoms with Gasteiger partial charge in [0.05, 0.1) is 6.42 Å². The zero-order valence-electron chi connectivity index (χ0n) is 12.2. The fourth-order valence-corrected chi connectivity index (χ4v) is 1.89. The minimum Gasteiger partial charge on any atom is -0.481 e. The number of aliphatic carboxylic acids is 1. The molecule has 122 valence electrons. The molecule has 1 heterocycles. The molecule has 0 radical (unpaired) electrons. The first-order valence-electron chi connectivity index (χ1n) is 6.64. The Morgan fingerprint density at radius 1 is 1.23 bits per heavy atom. The quantitative estimate of drug-likeness (QED) is 0.789. The van der Waals surface area contributed by atoms with Crippen LogP contribution in [0.4, 0.5) is 5.69 Å². The Hall–Kier alpha value is -1.99. The zero-order chi connectivity index (χ0) is 15.2. The van der Waals surface area contributed by atoms with Crippen LogP contribution in [0.2, 0.25) is 0 Å². The fourth-order valence-electron chi connectivity index (χ4n) is 1.89. The maximum atomic E-state index is 11.8. The summed E-state index contributed by atoms with van der Waals surface area (Å²) in [7, 11) is 1.79. The molecule has 2 rings (SSSR count). The molecule has 0 bridgehead atoms. The van der Waals surface area contributed by atoms with E-state index >= 15 is 0 Å². The molecule has 2 N–H and O–H groups in total. The highest BCUT2D eigenvalue weighted by molar-refractivity contribution is 5.91. The Balaban J connectivity index is 0.00000242. The minimum atomic E-state index is -0.841. The third-order valence-corrected chi connectivity index (χ3v) is 3.08. The number of nitrogens with one attached hydrogen (secondary N) is 1. The maximum absolute atomic E-state index is 11.8. The lowest BCUT2D eigenvalue weighted by molar-refractivity contribution is -0.137. The van der Waals surface area contributed by atoms with E-state index in [0.717, 1.165) is 0 Å². The van der Waals surface area contributed by atoms with Gasteiger partial charge in [-0.2, -0.15) is 0 Å². The van der Waals surface area contributed by atoms with Gasteiger partial charge in [-0.15, -0.1) is 12.4 Å². The molecule has 8 heteroatoms. The normalized spacial score (nSPS) is 11.9. The van der Waals surface area contributed by atoms with Gasteiger partial charge in [0.25, 0.3) is 0 Å². The first kappa shape index (κ1) is 18.1. The van der Waals surface area contributed by atoms with Gasteiger partial charge in [-0.05, 0) is 19.2 Å². The van der Waals surface area contributed by atoms with Crippen molar-refractivity contribution in [2.45, 2.75) is 12.8 Å². The number of halogens is 1. The van der Waals surface area contributed by atoms with Crippen LogP contribution in [0.1, 0.15) is 12.8 Å². The van der Waals surface area contributed by atoms with Crippen LogP contribution >= 0.6 is 12.4 Å². The number of anilines is 1. The Bertz CT molecular complexity index is 538. The van der Waals surface area contributed by atoms with E-state index in [1.54, 1.807) is 25.2 Å². The zero-order valence-corrected chi connectivity index (χ0v) is 13.0. The summed E-state index contributed by atoms with van der Waals surface area (Å²) >= 11 is 0. The molecule has 22 heavy (non-hydrogen) atoms. The monoisotopic (exact) mass is 330 g/mol. The summed E-state index contributed by atoms with van der Waals surface area (Å²) < 4.78 is 10.4. The van der Waals surface area contributed by atoms with Crippen molar-refractivity contribution in [3.8, 4) is 11.5 Å². The van der Waals surface area contributed by atoms with E-state index in [0.29, 0.717) is 36.7 Å². The standard InChI is InChI=1S/C14H18N2O5.ClH/c1-16(7-5-14(18)19)6-4-13(17)15-10-2-3-11-12(8-10)21-9-20-11;/h2-3,8H,4-7,9H2,1H3,(H,15,17)(H,18,19);1H. The summed E-state index contributed by atoms with van der Waals surface area (Å²) in [6.45, 7) is 1.12. The number of amides is 1. The topological polar surface area (TPSA) is 88.1 Å². The predicted octanol–water partition coefficient (Wildman–Crippen LogP) is 1.57. The van der Waals surface area contributed by atoms with Gasteiger partial charge in [-0.1, -0.05) is 0 Å². The van der Waals surface area contributed by atoms with Crippen LogP contribution in [0.3, 0.4) is 0 Å². The minimum absolute atomic E-state index is 0. The van der Waals surface area contributed by atoms with Crippen molar-refractivity contribution in [1.82, 2.24) is 4.90 Å². The van der Waals surface area contributed by atoms with Gasteiger partial charge in [0, 0.05) is 31.3 Å². The van der Waals surface area contributed by atoms with Crippen molar-refractivity contribution in [2.75, 3.05) is 32.2 Å². The maximum Gasteiger partial charge on any atom is 0.304 e. The average Bonchev–Trinajstić information content (AvgIpc) is 2.90. The first-order chi connectivity index (χ1) is 10.0. The molecule has 0 spiro atoms. The molecule has 0 aromatic heterocycles.